The minimum Gasteiger partial charge on any atom is -0.374 e. The molecule has 0 aliphatic heterocycles. The second kappa shape index (κ2) is 6.54. The van der Waals surface area contributed by atoms with Crippen LogP contribution < -0.4 is 10.6 Å². The van der Waals surface area contributed by atoms with E-state index in [2.05, 4.69) is 21.8 Å². The molecule has 1 aliphatic carbocycles. The van der Waals surface area contributed by atoms with Crippen molar-refractivity contribution in [2.75, 3.05) is 11.9 Å². The van der Waals surface area contributed by atoms with E-state index in [1.165, 1.54) is 0 Å². The topological polar surface area (TPSA) is 82.7 Å². The Morgan fingerprint density at radius 3 is 2.96 bits per heavy atom. The van der Waals surface area contributed by atoms with Crippen molar-refractivity contribution < 1.29 is 4.79 Å². The molecule has 24 heavy (non-hydrogen) atoms. The Hall–Kier alpha value is -2.52. The molecular formula is C17H18ClN5O. The van der Waals surface area contributed by atoms with Crippen LogP contribution in [0.15, 0.2) is 36.7 Å². The molecule has 2 aromatic rings. The number of carbonyl (C=O) groups is 1. The highest BCUT2D eigenvalue weighted by atomic mass is 35.5. The number of carbonyl (C=O) groups excluding carboxylic acids is 1. The summed E-state index contributed by atoms with van der Waals surface area (Å²) >= 11 is 6.06. The molecule has 2 N–H and O–H groups in total. The number of halogens is 1. The van der Waals surface area contributed by atoms with Gasteiger partial charge in [0.2, 0.25) is 5.91 Å². The molecule has 6 nitrogen and oxygen atoms in total. The van der Waals surface area contributed by atoms with Gasteiger partial charge in [-0.2, -0.15) is 10.4 Å². The van der Waals surface area contributed by atoms with Crippen molar-refractivity contribution in [1.82, 2.24) is 15.1 Å². The Bertz CT molecular complexity index is 779. The van der Waals surface area contributed by atoms with E-state index in [0.717, 1.165) is 18.5 Å². The molecule has 7 heteroatoms. The lowest BCUT2D eigenvalue weighted by atomic mass is 9.98. The predicted molar refractivity (Wildman–Crippen MR) is 91.9 cm³/mol. The number of amides is 1. The second-order valence-electron chi connectivity index (χ2n) is 6.10. The fourth-order valence-corrected chi connectivity index (χ4v) is 2.82. The zero-order valence-corrected chi connectivity index (χ0v) is 14.0. The number of nitrogens with zero attached hydrogens (tertiary/aromatic N) is 3. The first-order valence-electron chi connectivity index (χ1n) is 7.77. The summed E-state index contributed by atoms with van der Waals surface area (Å²) in [5.74, 6) is 0.0228. The molecule has 1 aromatic heterocycles. The standard InChI is InChI=1S/C17H18ClN5O/c1-17(11-19,12-3-4-12)22-16(24)10-20-14-9-13(18)5-6-15(14)23-8-2-7-21-23/h2,5-9,12,20H,3-4,10H2,1H3,(H,22,24)/t17-/m0/s1. The normalized spacial score (nSPS) is 16.0. The van der Waals surface area contributed by atoms with E-state index in [1.54, 1.807) is 29.9 Å². The van der Waals surface area contributed by atoms with Gasteiger partial charge in [0.25, 0.3) is 0 Å². The van der Waals surface area contributed by atoms with Crippen LogP contribution >= 0.6 is 11.6 Å². The Morgan fingerprint density at radius 2 is 2.33 bits per heavy atom. The molecule has 124 valence electrons. The highest BCUT2D eigenvalue weighted by Crippen LogP contribution is 2.39. The van der Waals surface area contributed by atoms with Crippen molar-refractivity contribution in [2.24, 2.45) is 5.92 Å². The van der Waals surface area contributed by atoms with Crippen LogP contribution in [0.5, 0.6) is 0 Å². The van der Waals surface area contributed by atoms with Crippen LogP contribution in [0, 0.1) is 17.2 Å². The van der Waals surface area contributed by atoms with Gasteiger partial charge in [-0.3, -0.25) is 4.79 Å². The van der Waals surface area contributed by atoms with Gasteiger partial charge in [-0.25, -0.2) is 4.68 Å². The van der Waals surface area contributed by atoms with E-state index < -0.39 is 5.54 Å². The van der Waals surface area contributed by atoms with E-state index in [-0.39, 0.29) is 18.4 Å². The summed E-state index contributed by atoms with van der Waals surface area (Å²) in [6.45, 7) is 1.83. The highest BCUT2D eigenvalue weighted by molar-refractivity contribution is 6.31. The molecule has 0 spiro atoms. The fourth-order valence-electron chi connectivity index (χ4n) is 2.65. The lowest BCUT2D eigenvalue weighted by Gasteiger charge is -2.23. The summed E-state index contributed by atoms with van der Waals surface area (Å²) < 4.78 is 1.69. The van der Waals surface area contributed by atoms with Gasteiger partial charge in [-0.15, -0.1) is 0 Å². The van der Waals surface area contributed by atoms with E-state index in [4.69, 9.17) is 11.6 Å². The first kappa shape index (κ1) is 16.3. The second-order valence-corrected chi connectivity index (χ2v) is 6.54. The van der Waals surface area contributed by atoms with Gasteiger partial charge in [0.15, 0.2) is 0 Å². The molecule has 1 amide bonds. The summed E-state index contributed by atoms with van der Waals surface area (Å²) in [5.41, 5.74) is 0.701. The maximum absolute atomic E-state index is 12.2. The maximum Gasteiger partial charge on any atom is 0.240 e. The Labute approximate surface area is 145 Å². The van der Waals surface area contributed by atoms with E-state index in [1.807, 2.05) is 18.3 Å². The SMILES string of the molecule is C[C@@](C#N)(NC(=O)CNc1cc(Cl)ccc1-n1cccn1)C1CC1. The van der Waals surface area contributed by atoms with Crippen molar-refractivity contribution in [2.45, 2.75) is 25.3 Å². The highest BCUT2D eigenvalue weighted by Gasteiger charge is 2.42. The number of rotatable bonds is 6. The summed E-state index contributed by atoms with van der Waals surface area (Å²) in [4.78, 5) is 12.2. The third-order valence-electron chi connectivity index (χ3n) is 4.17. The lowest BCUT2D eigenvalue weighted by Crippen LogP contribution is -2.48. The van der Waals surface area contributed by atoms with E-state index >= 15 is 0 Å². The number of hydrogen-bond acceptors (Lipinski definition) is 4. The molecule has 1 heterocycles. The molecule has 0 unspecified atom stereocenters. The van der Waals surface area contributed by atoms with Crippen LogP contribution in [-0.4, -0.2) is 27.8 Å². The van der Waals surface area contributed by atoms with E-state index in [0.29, 0.717) is 10.7 Å². The maximum atomic E-state index is 12.2. The van der Waals surface area contributed by atoms with Crippen LogP contribution in [0.2, 0.25) is 5.02 Å². The Kier molecular flexibility index (Phi) is 4.45. The first-order chi connectivity index (χ1) is 11.5. The van der Waals surface area contributed by atoms with Gasteiger partial charge in [-0.05, 0) is 49.9 Å². The quantitative estimate of drug-likeness (QED) is 0.844. The van der Waals surface area contributed by atoms with Gasteiger partial charge in [0.05, 0.1) is 24.0 Å². The summed E-state index contributed by atoms with van der Waals surface area (Å²) in [6.07, 6.45) is 5.46. The fraction of sp³-hybridized carbons (Fsp3) is 0.353. The Morgan fingerprint density at radius 1 is 1.54 bits per heavy atom. The van der Waals surface area contributed by atoms with Crippen LogP contribution in [-0.2, 0) is 4.79 Å². The third-order valence-corrected chi connectivity index (χ3v) is 4.41. The summed E-state index contributed by atoms with van der Waals surface area (Å²) in [6, 6.07) is 9.38. The van der Waals surface area contributed by atoms with Gasteiger partial charge in [-0.1, -0.05) is 11.6 Å². The van der Waals surface area contributed by atoms with Crippen LogP contribution in [0.4, 0.5) is 5.69 Å². The first-order valence-corrected chi connectivity index (χ1v) is 8.15. The molecule has 0 saturated heterocycles. The van der Waals surface area contributed by atoms with Gasteiger partial charge < -0.3 is 10.6 Å². The zero-order chi connectivity index (χ0) is 17.2. The molecule has 1 aromatic carbocycles. The smallest absolute Gasteiger partial charge is 0.240 e. The number of anilines is 1. The third kappa shape index (κ3) is 3.52. The van der Waals surface area contributed by atoms with Gasteiger partial charge >= 0.3 is 0 Å². The molecule has 1 saturated carbocycles. The summed E-state index contributed by atoms with van der Waals surface area (Å²) in [5, 5.41) is 20.0. The van der Waals surface area contributed by atoms with Crippen molar-refractivity contribution in [3.05, 3.63) is 41.7 Å². The van der Waals surface area contributed by atoms with Gasteiger partial charge in [0.1, 0.15) is 5.54 Å². The number of nitriles is 1. The molecule has 0 bridgehead atoms. The number of nitrogens with one attached hydrogen (secondary N) is 2. The minimum atomic E-state index is -0.794. The molecule has 3 rings (SSSR count). The average molecular weight is 344 g/mol. The number of aromatic nitrogens is 2. The van der Waals surface area contributed by atoms with Crippen molar-refractivity contribution in [3.8, 4) is 11.8 Å². The van der Waals surface area contributed by atoms with Crippen molar-refractivity contribution in [1.29, 1.82) is 5.26 Å². The predicted octanol–water partition coefficient (Wildman–Crippen LogP) is 2.75. The average Bonchev–Trinajstić information content (AvgIpc) is 3.30. The molecule has 1 aliphatic rings. The van der Waals surface area contributed by atoms with Crippen molar-refractivity contribution >= 4 is 23.2 Å². The molecule has 1 fully saturated rings. The largest absolute Gasteiger partial charge is 0.374 e. The van der Waals surface area contributed by atoms with E-state index in [9.17, 15) is 10.1 Å². The van der Waals surface area contributed by atoms with Crippen LogP contribution in [0.25, 0.3) is 5.69 Å². The monoisotopic (exact) mass is 343 g/mol. The van der Waals surface area contributed by atoms with Gasteiger partial charge in [0, 0.05) is 17.4 Å². The van der Waals surface area contributed by atoms with Crippen molar-refractivity contribution in [3.63, 3.8) is 0 Å². The zero-order valence-electron chi connectivity index (χ0n) is 13.3. The number of hydrogen-bond donors (Lipinski definition) is 2. The molecule has 1 atom stereocenters. The molecule has 0 radical (unpaired) electrons. The van der Waals surface area contributed by atoms with Crippen LogP contribution in [0.1, 0.15) is 19.8 Å². The Balaban J connectivity index is 1.69. The van der Waals surface area contributed by atoms with Crippen LogP contribution in [0.3, 0.4) is 0 Å². The minimum absolute atomic E-state index is 0.0542. The summed E-state index contributed by atoms with van der Waals surface area (Å²) in [7, 11) is 0. The molecular weight excluding hydrogens is 326 g/mol. The number of benzene rings is 1. The lowest BCUT2D eigenvalue weighted by molar-refractivity contribution is -0.120.